The number of tetrazole rings is 1. The number of aliphatic hydroxyl groups excluding tert-OH is 1. The van der Waals surface area contributed by atoms with E-state index in [-0.39, 0.29) is 36.6 Å². The molecule has 2 aliphatic heterocycles. The number of halogens is 1. The number of nitrogens with zero attached hydrogens (tertiary/aromatic N) is 7. The lowest BCUT2D eigenvalue weighted by atomic mass is 9.84. The predicted molar refractivity (Wildman–Crippen MR) is 127 cm³/mol. The fourth-order valence-corrected chi connectivity index (χ4v) is 5.29. The minimum absolute atomic E-state index is 0.0636. The Kier molecular flexibility index (Phi) is 6.48. The molecule has 11 nitrogen and oxygen atoms in total. The molecule has 0 bridgehead atoms. The van der Waals surface area contributed by atoms with Crippen LogP contribution in [0.15, 0.2) is 30.7 Å². The van der Waals surface area contributed by atoms with Gasteiger partial charge in [-0.25, -0.2) is 9.37 Å². The first kappa shape index (κ1) is 23.4. The quantitative estimate of drug-likeness (QED) is 0.440. The van der Waals surface area contributed by atoms with E-state index in [9.17, 15) is 4.39 Å². The van der Waals surface area contributed by atoms with Crippen molar-refractivity contribution in [2.45, 2.75) is 57.2 Å². The first-order valence-electron chi connectivity index (χ1n) is 11.9. The van der Waals surface area contributed by atoms with Crippen molar-refractivity contribution in [2.75, 3.05) is 30.4 Å². The van der Waals surface area contributed by atoms with Gasteiger partial charge in [0.15, 0.2) is 11.6 Å². The van der Waals surface area contributed by atoms with Gasteiger partial charge in [-0.3, -0.25) is 4.90 Å². The lowest BCUT2D eigenvalue weighted by Crippen LogP contribution is -2.55. The molecule has 2 atom stereocenters. The lowest BCUT2D eigenvalue weighted by Gasteiger charge is -2.47. The van der Waals surface area contributed by atoms with E-state index in [2.05, 4.69) is 54.9 Å². The Labute approximate surface area is 202 Å². The minimum Gasteiger partial charge on any atom is -0.489 e. The van der Waals surface area contributed by atoms with Crippen molar-refractivity contribution in [2.24, 2.45) is 0 Å². The van der Waals surface area contributed by atoms with Crippen LogP contribution in [-0.4, -0.2) is 77.6 Å². The molecule has 0 saturated carbocycles. The topological polar surface area (TPSA) is 126 Å². The summed E-state index contributed by atoms with van der Waals surface area (Å²) in [6, 6.07) is 5.93. The van der Waals surface area contributed by atoms with Gasteiger partial charge in [0.25, 0.3) is 0 Å². The van der Waals surface area contributed by atoms with Crippen LogP contribution in [0.2, 0.25) is 0 Å². The molecule has 1 aromatic carbocycles. The summed E-state index contributed by atoms with van der Waals surface area (Å²) in [5, 5.41) is 26.8. The van der Waals surface area contributed by atoms with Crippen molar-refractivity contribution in [1.29, 1.82) is 0 Å². The molecular formula is C23H30FN9O2. The molecule has 4 heterocycles. The number of anilines is 3. The van der Waals surface area contributed by atoms with Gasteiger partial charge in [0.2, 0.25) is 5.95 Å². The molecule has 3 N–H and O–H groups in total. The van der Waals surface area contributed by atoms with Gasteiger partial charge in [0.1, 0.15) is 24.4 Å². The summed E-state index contributed by atoms with van der Waals surface area (Å²) in [5.74, 6) is 0.473. The van der Waals surface area contributed by atoms with E-state index in [0.29, 0.717) is 23.2 Å². The Morgan fingerprint density at radius 2 is 2.20 bits per heavy atom. The second kappa shape index (κ2) is 9.70. The van der Waals surface area contributed by atoms with E-state index >= 15 is 0 Å². The lowest BCUT2D eigenvalue weighted by molar-refractivity contribution is 0.0500. The highest BCUT2D eigenvalue weighted by atomic mass is 19.1. The number of piperidine rings is 1. The zero-order valence-corrected chi connectivity index (χ0v) is 19.9. The van der Waals surface area contributed by atoms with Crippen LogP contribution in [0, 0.1) is 5.82 Å². The Balaban J connectivity index is 1.34. The number of ether oxygens (including phenoxy) is 1. The van der Waals surface area contributed by atoms with Crippen LogP contribution in [-0.2, 0) is 0 Å². The number of benzene rings is 1. The van der Waals surface area contributed by atoms with Crippen LogP contribution in [0.5, 0.6) is 5.75 Å². The number of nitrogens with one attached hydrogen (secondary N) is 2. The molecule has 0 radical (unpaired) electrons. The molecule has 0 aliphatic carbocycles. The van der Waals surface area contributed by atoms with Crippen molar-refractivity contribution in [1.82, 2.24) is 35.1 Å². The number of hydrogen-bond donors (Lipinski definition) is 3. The average molecular weight is 484 g/mol. The van der Waals surface area contributed by atoms with Crippen molar-refractivity contribution in [3.63, 3.8) is 0 Å². The Hall–Kier alpha value is -3.38. The Morgan fingerprint density at radius 1 is 1.31 bits per heavy atom. The average Bonchev–Trinajstić information content (AvgIpc) is 3.53. The van der Waals surface area contributed by atoms with Crippen molar-refractivity contribution < 1.29 is 14.2 Å². The fraction of sp³-hybridized carbons (Fsp3) is 0.522. The summed E-state index contributed by atoms with van der Waals surface area (Å²) in [5.41, 5.74) is 1.28. The molecule has 2 saturated heterocycles. The smallest absolute Gasteiger partial charge is 0.229 e. The van der Waals surface area contributed by atoms with Gasteiger partial charge in [0.05, 0.1) is 12.8 Å². The molecule has 0 unspecified atom stereocenters. The highest BCUT2D eigenvalue weighted by molar-refractivity contribution is 5.62. The van der Waals surface area contributed by atoms with Gasteiger partial charge in [-0.15, -0.1) is 5.10 Å². The highest BCUT2D eigenvalue weighted by Crippen LogP contribution is 2.38. The number of rotatable bonds is 8. The molecule has 0 amide bonds. The maximum Gasteiger partial charge on any atom is 0.229 e. The SMILES string of the molecule is CC1(C)C[C@H](Nc2nc(Nc3ccc(OCCO)c(-n4cnnn4)c3)ncc2F)C[C@@H]2CCCN21. The molecule has 5 rings (SSSR count). The number of aliphatic hydroxyl groups is 1. The number of aromatic nitrogens is 6. The van der Waals surface area contributed by atoms with Gasteiger partial charge in [-0.05, 0) is 74.7 Å². The molecule has 3 aromatic rings. The first-order valence-corrected chi connectivity index (χ1v) is 11.9. The molecule has 35 heavy (non-hydrogen) atoms. The van der Waals surface area contributed by atoms with Gasteiger partial charge in [-0.1, -0.05) is 0 Å². The largest absolute Gasteiger partial charge is 0.489 e. The third-order valence-corrected chi connectivity index (χ3v) is 6.70. The van der Waals surface area contributed by atoms with E-state index in [0.717, 1.165) is 19.4 Å². The van der Waals surface area contributed by atoms with E-state index in [4.69, 9.17) is 9.84 Å². The van der Waals surface area contributed by atoms with E-state index < -0.39 is 5.82 Å². The monoisotopic (exact) mass is 483 g/mol. The van der Waals surface area contributed by atoms with Crippen molar-refractivity contribution in [3.8, 4) is 11.4 Å². The highest BCUT2D eigenvalue weighted by Gasteiger charge is 2.43. The standard InChI is InChI=1S/C23H30FN9O2/c1-23(2)12-16(10-17-4-3-7-32(17)23)27-21-18(24)13-25-22(29-21)28-15-5-6-20(35-9-8-34)19(11-15)33-14-26-30-31-33/h5-6,11,13-14,16-17,34H,3-4,7-10,12H2,1-2H3,(H2,25,27,28,29)/t16-,17+/m1/s1. The third kappa shape index (κ3) is 5.03. The van der Waals surface area contributed by atoms with Gasteiger partial charge in [0, 0.05) is 23.3 Å². The van der Waals surface area contributed by atoms with Gasteiger partial charge >= 0.3 is 0 Å². The molecule has 186 valence electrons. The molecule has 2 fully saturated rings. The number of hydrogen-bond acceptors (Lipinski definition) is 10. The Morgan fingerprint density at radius 3 is 3.00 bits per heavy atom. The molecule has 2 aromatic heterocycles. The summed E-state index contributed by atoms with van der Waals surface area (Å²) in [7, 11) is 0. The molecule has 2 aliphatic rings. The van der Waals surface area contributed by atoms with Crippen molar-refractivity contribution in [3.05, 3.63) is 36.5 Å². The van der Waals surface area contributed by atoms with Crippen LogP contribution in [0.1, 0.15) is 39.5 Å². The summed E-state index contributed by atoms with van der Waals surface area (Å²) in [4.78, 5) is 11.1. The van der Waals surface area contributed by atoms with Crippen molar-refractivity contribution >= 4 is 17.5 Å². The summed E-state index contributed by atoms with van der Waals surface area (Å²) in [6.07, 6.45) is 6.91. The Bertz CT molecular complexity index is 1160. The minimum atomic E-state index is -0.482. The second-order valence-corrected chi connectivity index (χ2v) is 9.61. The summed E-state index contributed by atoms with van der Waals surface area (Å²) >= 11 is 0. The maximum atomic E-state index is 14.7. The van der Waals surface area contributed by atoms with Crippen LogP contribution < -0.4 is 15.4 Å². The molecule has 0 spiro atoms. The van der Waals surface area contributed by atoms with E-state index in [1.54, 1.807) is 18.2 Å². The normalized spacial score (nSPS) is 21.5. The first-order chi connectivity index (χ1) is 16.9. The molecule has 12 heteroatoms. The third-order valence-electron chi connectivity index (χ3n) is 6.70. The fourth-order valence-electron chi connectivity index (χ4n) is 5.29. The van der Waals surface area contributed by atoms with E-state index in [1.807, 2.05) is 0 Å². The van der Waals surface area contributed by atoms with E-state index in [1.165, 1.54) is 30.0 Å². The summed E-state index contributed by atoms with van der Waals surface area (Å²) < 4.78 is 21.7. The zero-order valence-electron chi connectivity index (χ0n) is 19.9. The van der Waals surface area contributed by atoms with Gasteiger partial charge < -0.3 is 20.5 Å². The zero-order chi connectivity index (χ0) is 24.4. The van der Waals surface area contributed by atoms with Crippen LogP contribution in [0.4, 0.5) is 21.8 Å². The second-order valence-electron chi connectivity index (χ2n) is 9.61. The number of fused-ring (bicyclic) bond motifs is 1. The summed E-state index contributed by atoms with van der Waals surface area (Å²) in [6.45, 7) is 5.67. The van der Waals surface area contributed by atoms with Crippen LogP contribution >= 0.6 is 0 Å². The van der Waals surface area contributed by atoms with Crippen LogP contribution in [0.25, 0.3) is 5.69 Å². The van der Waals surface area contributed by atoms with Gasteiger partial charge in [-0.2, -0.15) is 9.67 Å². The van der Waals surface area contributed by atoms with Crippen LogP contribution in [0.3, 0.4) is 0 Å². The molecular weight excluding hydrogens is 453 g/mol. The maximum absolute atomic E-state index is 14.7. The predicted octanol–water partition coefficient (Wildman–Crippen LogP) is 2.52.